The largest absolute Gasteiger partial charge is 0.396 e. The van der Waals surface area contributed by atoms with E-state index in [0.717, 1.165) is 6.42 Å². The number of aliphatic hydroxyl groups is 1. The zero-order chi connectivity index (χ0) is 8.27. The Morgan fingerprint density at radius 2 is 2.45 bits per heavy atom. The van der Waals surface area contributed by atoms with E-state index >= 15 is 0 Å². The quantitative estimate of drug-likeness (QED) is 0.588. The van der Waals surface area contributed by atoms with Crippen molar-refractivity contribution in [2.75, 3.05) is 6.61 Å². The third-order valence-electron chi connectivity index (χ3n) is 1.62. The number of nitrogens with one attached hydrogen (secondary N) is 1. The number of carbonyl (C=O) groups excluding carboxylic acids is 1. The molecule has 0 radical (unpaired) electrons. The van der Waals surface area contributed by atoms with Gasteiger partial charge in [-0.05, 0) is 6.42 Å². The van der Waals surface area contributed by atoms with Gasteiger partial charge in [0.1, 0.15) is 11.9 Å². The van der Waals surface area contributed by atoms with E-state index < -0.39 is 0 Å². The Morgan fingerprint density at radius 3 is 2.91 bits per heavy atom. The minimum Gasteiger partial charge on any atom is -0.396 e. The van der Waals surface area contributed by atoms with Crippen molar-refractivity contribution in [3.05, 3.63) is 0 Å². The molecule has 0 aromatic carbocycles. The fourth-order valence-corrected chi connectivity index (χ4v) is 1.01. The van der Waals surface area contributed by atoms with Crippen LogP contribution >= 0.6 is 0 Å². The molecule has 0 fully saturated rings. The smallest absolute Gasteiger partial charge is 0.250 e. The molecular formula is C7H12N2O2. The number of carbonyl (C=O) groups is 1. The van der Waals surface area contributed by atoms with Gasteiger partial charge in [-0.25, -0.2) is 0 Å². The van der Waals surface area contributed by atoms with Crippen molar-refractivity contribution in [1.29, 1.82) is 0 Å². The molecule has 0 aromatic heterocycles. The van der Waals surface area contributed by atoms with E-state index in [2.05, 4.69) is 10.3 Å². The number of aliphatic hydroxyl groups excluding tert-OH is 1. The summed E-state index contributed by atoms with van der Waals surface area (Å²) >= 11 is 0. The molecule has 0 saturated carbocycles. The van der Waals surface area contributed by atoms with Crippen LogP contribution in [-0.4, -0.2) is 29.5 Å². The van der Waals surface area contributed by atoms with Crippen molar-refractivity contribution in [3.8, 4) is 0 Å². The second-order valence-electron chi connectivity index (χ2n) is 2.46. The van der Waals surface area contributed by atoms with Gasteiger partial charge >= 0.3 is 0 Å². The Balaban J connectivity index is 2.52. The second kappa shape index (κ2) is 3.48. The Labute approximate surface area is 65.3 Å². The number of hydrogen-bond donors (Lipinski definition) is 2. The Hall–Kier alpha value is -0.900. The maximum Gasteiger partial charge on any atom is 0.250 e. The summed E-state index contributed by atoms with van der Waals surface area (Å²) in [6, 6.07) is -0.225. The predicted molar refractivity (Wildman–Crippen MR) is 41.4 cm³/mol. The summed E-state index contributed by atoms with van der Waals surface area (Å²) in [4.78, 5) is 15.1. The summed E-state index contributed by atoms with van der Waals surface area (Å²) in [6.07, 6.45) is 1.17. The summed E-state index contributed by atoms with van der Waals surface area (Å²) < 4.78 is 0. The van der Waals surface area contributed by atoms with E-state index in [1.54, 1.807) is 0 Å². The van der Waals surface area contributed by atoms with E-state index in [-0.39, 0.29) is 18.6 Å². The average Bonchev–Trinajstić information content (AvgIpc) is 2.32. The van der Waals surface area contributed by atoms with E-state index in [0.29, 0.717) is 12.3 Å². The SMILES string of the molecule is CCC1N=C(CCO)NC1=O. The molecule has 0 saturated heterocycles. The first kappa shape index (κ1) is 8.20. The third kappa shape index (κ3) is 1.77. The van der Waals surface area contributed by atoms with Crippen molar-refractivity contribution in [2.24, 2.45) is 4.99 Å². The van der Waals surface area contributed by atoms with Gasteiger partial charge in [-0.15, -0.1) is 0 Å². The lowest BCUT2D eigenvalue weighted by Gasteiger charge is -1.96. The summed E-state index contributed by atoms with van der Waals surface area (Å²) in [7, 11) is 0. The van der Waals surface area contributed by atoms with Gasteiger partial charge in [-0.3, -0.25) is 9.79 Å². The first-order valence-electron chi connectivity index (χ1n) is 3.76. The fraction of sp³-hybridized carbons (Fsp3) is 0.714. The summed E-state index contributed by atoms with van der Waals surface area (Å²) in [5.41, 5.74) is 0. The number of nitrogens with zero attached hydrogens (tertiary/aromatic N) is 1. The third-order valence-corrected chi connectivity index (χ3v) is 1.62. The molecule has 11 heavy (non-hydrogen) atoms. The normalized spacial score (nSPS) is 23.3. The minimum absolute atomic E-state index is 0.0372. The van der Waals surface area contributed by atoms with E-state index in [4.69, 9.17) is 5.11 Å². The van der Waals surface area contributed by atoms with Crippen molar-refractivity contribution in [1.82, 2.24) is 5.32 Å². The molecule has 0 bridgehead atoms. The molecule has 1 aliphatic heterocycles. The maximum absolute atomic E-state index is 11.0. The highest BCUT2D eigenvalue weighted by atomic mass is 16.3. The lowest BCUT2D eigenvalue weighted by molar-refractivity contribution is -0.120. The highest BCUT2D eigenvalue weighted by molar-refractivity contribution is 6.05. The summed E-state index contributed by atoms with van der Waals surface area (Å²) in [5, 5.41) is 11.1. The van der Waals surface area contributed by atoms with Crippen LogP contribution < -0.4 is 5.32 Å². The number of rotatable bonds is 3. The molecular weight excluding hydrogens is 144 g/mol. The molecule has 4 nitrogen and oxygen atoms in total. The van der Waals surface area contributed by atoms with E-state index in [1.807, 2.05) is 6.92 Å². The molecule has 1 heterocycles. The van der Waals surface area contributed by atoms with Crippen LogP contribution in [0.4, 0.5) is 0 Å². The molecule has 0 aliphatic carbocycles. The number of hydrogen-bond acceptors (Lipinski definition) is 3. The zero-order valence-corrected chi connectivity index (χ0v) is 6.50. The molecule has 1 atom stereocenters. The molecule has 1 rings (SSSR count). The van der Waals surface area contributed by atoms with Gasteiger partial charge < -0.3 is 10.4 Å². The topological polar surface area (TPSA) is 61.7 Å². The standard InChI is InChI=1S/C7H12N2O2/c1-2-5-7(11)9-6(8-5)3-4-10/h5,10H,2-4H2,1H3,(H,8,9,11). The lowest BCUT2D eigenvalue weighted by Crippen LogP contribution is -2.28. The minimum atomic E-state index is -0.225. The lowest BCUT2D eigenvalue weighted by atomic mass is 10.2. The van der Waals surface area contributed by atoms with Gasteiger partial charge in [-0.2, -0.15) is 0 Å². The summed E-state index contributed by atoms with van der Waals surface area (Å²) in [6.45, 7) is 1.95. The number of aliphatic imine (C=N–C) groups is 1. The Morgan fingerprint density at radius 1 is 1.73 bits per heavy atom. The number of amides is 1. The summed E-state index contributed by atoms with van der Waals surface area (Å²) in [5.74, 6) is 0.570. The monoisotopic (exact) mass is 156 g/mol. The molecule has 62 valence electrons. The molecule has 2 N–H and O–H groups in total. The van der Waals surface area contributed by atoms with Crippen molar-refractivity contribution in [3.63, 3.8) is 0 Å². The Bertz CT molecular complexity index is 189. The molecule has 1 aliphatic rings. The first-order valence-corrected chi connectivity index (χ1v) is 3.76. The van der Waals surface area contributed by atoms with Gasteiger partial charge in [0.05, 0.1) is 6.61 Å². The molecule has 4 heteroatoms. The van der Waals surface area contributed by atoms with Crippen LogP contribution in [-0.2, 0) is 4.79 Å². The highest BCUT2D eigenvalue weighted by Gasteiger charge is 2.23. The van der Waals surface area contributed by atoms with Crippen LogP contribution in [0.2, 0.25) is 0 Å². The average molecular weight is 156 g/mol. The van der Waals surface area contributed by atoms with Gasteiger partial charge in [0.15, 0.2) is 0 Å². The Kier molecular flexibility index (Phi) is 2.59. The molecule has 1 unspecified atom stereocenters. The van der Waals surface area contributed by atoms with Crippen LogP contribution in [0.5, 0.6) is 0 Å². The predicted octanol–water partition coefficient (Wildman–Crippen LogP) is -0.324. The highest BCUT2D eigenvalue weighted by Crippen LogP contribution is 2.05. The van der Waals surface area contributed by atoms with Crippen LogP contribution in [0, 0.1) is 0 Å². The van der Waals surface area contributed by atoms with Crippen molar-refractivity contribution < 1.29 is 9.90 Å². The van der Waals surface area contributed by atoms with Crippen LogP contribution in [0.25, 0.3) is 0 Å². The van der Waals surface area contributed by atoms with Crippen molar-refractivity contribution in [2.45, 2.75) is 25.8 Å². The molecule has 1 amide bonds. The first-order chi connectivity index (χ1) is 5.27. The van der Waals surface area contributed by atoms with Gasteiger partial charge in [0, 0.05) is 6.42 Å². The zero-order valence-electron chi connectivity index (χ0n) is 6.50. The number of amidine groups is 1. The second-order valence-corrected chi connectivity index (χ2v) is 2.46. The van der Waals surface area contributed by atoms with Crippen molar-refractivity contribution >= 4 is 11.7 Å². The van der Waals surface area contributed by atoms with E-state index in [9.17, 15) is 4.79 Å². The van der Waals surface area contributed by atoms with Gasteiger partial charge in [0.25, 0.3) is 0 Å². The van der Waals surface area contributed by atoms with Gasteiger partial charge in [-0.1, -0.05) is 6.92 Å². The molecule has 0 aromatic rings. The fourth-order valence-electron chi connectivity index (χ4n) is 1.01. The van der Waals surface area contributed by atoms with Crippen LogP contribution in [0.3, 0.4) is 0 Å². The van der Waals surface area contributed by atoms with Gasteiger partial charge in [0.2, 0.25) is 5.91 Å². The van der Waals surface area contributed by atoms with E-state index in [1.165, 1.54) is 0 Å². The van der Waals surface area contributed by atoms with Crippen LogP contribution in [0.1, 0.15) is 19.8 Å². The maximum atomic E-state index is 11.0. The molecule has 0 spiro atoms. The van der Waals surface area contributed by atoms with Crippen LogP contribution in [0.15, 0.2) is 4.99 Å².